The molecule has 6 aromatic heterocycles. The second-order valence-electron chi connectivity index (χ2n) is 26.1. The van der Waals surface area contributed by atoms with Gasteiger partial charge in [-0.25, -0.2) is 33.1 Å². The quantitative estimate of drug-likeness (QED) is 0.131. The maximum Gasteiger partial charge on any atom is 0.194 e. The SMILES string of the molecule is Fc1cc(-c2cc(-c3ccc(-c4ccccc4)cc3)nc(-c3ccccc3)n2)cc(F)c1F.[2H]c1c([2H])c([2H])c2c([nH]c3c([2H])c([2H])c([2H])c([2H])c32)c1[2H].[2H]c1c([2H])c([2H])c2c(c1[2H])c1c([2H])c([2H])c([2H])c([2H])c1n2-c1cc(-c2cc(-c3ccc(-c4ccccc4)cc3)nc(-c3ccccc3)n2)cc(-n2c3c([2H])c([2H])c([2H])c([2H])c3c3c([2H])c([2H])c([2H])c([2H])c32)c1-n1c2c([2H])c([2H])c([2H])c([2H])c2c2c([2H])c([2H])c([2H])c([2H])c21. The number of nitrogens with zero attached hydrogens (tertiary/aromatic N) is 7. The van der Waals surface area contributed by atoms with Gasteiger partial charge in [0.25, 0.3) is 0 Å². The molecule has 16 aromatic carbocycles. The molecule has 22 rings (SSSR count). The van der Waals surface area contributed by atoms with Crippen LogP contribution in [0.15, 0.2) is 400 Å². The van der Waals surface area contributed by atoms with Crippen LogP contribution in [-0.4, -0.2) is 38.6 Å². The summed E-state index contributed by atoms with van der Waals surface area (Å²) in [6.45, 7) is 0. The minimum absolute atomic E-state index is 0.000223. The predicted octanol–water partition coefficient (Wildman–Crippen LogP) is 27.3. The molecule has 0 aliphatic rings. The van der Waals surface area contributed by atoms with E-state index in [0.717, 1.165) is 59.2 Å². The number of nitrogens with one attached hydrogen (secondary N) is 1. The van der Waals surface area contributed by atoms with Crippen molar-refractivity contribution in [2.24, 2.45) is 0 Å². The highest BCUT2D eigenvalue weighted by atomic mass is 19.2. The Labute approximate surface area is 704 Å². The third-order valence-corrected chi connectivity index (χ3v) is 19.4. The van der Waals surface area contributed by atoms with Gasteiger partial charge in [0, 0.05) is 87.5 Å². The molecule has 0 unspecified atom stereocenters. The first-order valence-electron chi connectivity index (χ1n) is 51.6. The van der Waals surface area contributed by atoms with Gasteiger partial charge in [-0.2, -0.15) is 0 Å². The zero-order valence-electron chi connectivity index (χ0n) is 91.4. The molecule has 0 amide bonds. The highest BCUT2D eigenvalue weighted by Crippen LogP contribution is 2.46. The first-order valence-corrected chi connectivity index (χ1v) is 35.6. The summed E-state index contributed by atoms with van der Waals surface area (Å²) in [6, 6.07) is 37.7. The second kappa shape index (κ2) is 29.5. The van der Waals surface area contributed by atoms with Gasteiger partial charge in [0.15, 0.2) is 29.1 Å². The van der Waals surface area contributed by atoms with Crippen molar-refractivity contribution >= 4 is 87.2 Å². The maximum absolute atomic E-state index is 13.9. The lowest BCUT2D eigenvalue weighted by molar-refractivity contribution is 0.447. The molecule has 115 heavy (non-hydrogen) atoms. The summed E-state index contributed by atoms with van der Waals surface area (Å²) in [4.78, 5) is 22.1. The van der Waals surface area contributed by atoms with Crippen molar-refractivity contribution in [1.82, 2.24) is 38.6 Å². The lowest BCUT2D eigenvalue weighted by Crippen LogP contribution is -2.10. The molecule has 0 radical (unpaired) electrons. The minimum atomic E-state index is -1.51. The van der Waals surface area contributed by atoms with Gasteiger partial charge in [0.2, 0.25) is 0 Å². The van der Waals surface area contributed by atoms with Crippen molar-refractivity contribution in [2.45, 2.75) is 0 Å². The molecule has 6 heterocycles. The Balaban J connectivity index is 0.000000195. The molecule has 1 N–H and O–H groups in total. The Hall–Kier alpha value is -15.3. The number of hydrogen-bond acceptors (Lipinski definition) is 4. The van der Waals surface area contributed by atoms with Gasteiger partial charge in [-0.1, -0.05) is 315 Å². The van der Waals surface area contributed by atoms with Crippen molar-refractivity contribution in [3.63, 3.8) is 0 Å². The molecule has 0 bridgehead atoms. The summed E-state index contributed by atoms with van der Waals surface area (Å²) in [5, 5.41) is -2.64. The smallest absolute Gasteiger partial charge is 0.194 e. The van der Waals surface area contributed by atoms with Crippen LogP contribution >= 0.6 is 0 Å². The Bertz CT molecular complexity index is 8960. The van der Waals surface area contributed by atoms with Crippen molar-refractivity contribution in [3.05, 3.63) is 417 Å². The first-order chi connectivity index (χ1) is 70.1. The molecule has 0 aliphatic heterocycles. The number of H-pyrrole nitrogens is 1. The van der Waals surface area contributed by atoms with Gasteiger partial charge in [0.05, 0.1) is 117 Å². The van der Waals surface area contributed by atoms with Crippen LogP contribution in [0.4, 0.5) is 13.2 Å². The largest absolute Gasteiger partial charge is 0.355 e. The standard InChI is InChI=1S/C64H41N5.C28H17F3N2.C12H9N/c1-3-19-42(20-4-1)43-35-37-44(38-36-43)53-41-54(66-64(65-53)45-21-5-2-6-22-45)46-39-61(67-55-29-13-7-23-47(55)48-24-8-14-30-56(48)67)63(69-59-33-17-11-27-51(59)52-28-12-18-34-60(52)69)62(40-46)68-57-31-15-9-25-49(57)50-26-10-16-32-58(50)68;29-23-15-22(16-24(30)27(23)31)26-17-25(32-28(33-26)21-9-5-2-6-10-21)20-13-11-19(12-14-20)18-7-3-1-4-8-18;1-3-7-11-9(5-1)10-6-2-4-8-12(10)13-11/h1-41H;1-17H;1-8,13H/i7D,8D,9D,10D,11D,12D,13D,14D,15D,16D,17D,18D,23D,24D,25D,26D,27D,28D,29D,30D,31D,32D,33D,34D;;1D,2D,3D,4D,5D,6D,7D,8D. The van der Waals surface area contributed by atoms with E-state index in [9.17, 15) is 37.8 Å². The van der Waals surface area contributed by atoms with Crippen molar-refractivity contribution < 1.29 is 57.0 Å². The van der Waals surface area contributed by atoms with Gasteiger partial charge in [0.1, 0.15) is 0 Å². The van der Waals surface area contributed by atoms with Gasteiger partial charge >= 0.3 is 0 Å². The number of aromatic amines is 1. The summed E-state index contributed by atoms with van der Waals surface area (Å²) in [7, 11) is 0. The normalized spacial score (nSPS) is 15.3. The number of para-hydroxylation sites is 8. The summed E-state index contributed by atoms with van der Waals surface area (Å²) >= 11 is 0. The van der Waals surface area contributed by atoms with E-state index in [2.05, 4.69) is 9.97 Å². The Morgan fingerprint density at radius 1 is 0.235 bits per heavy atom. The fourth-order valence-corrected chi connectivity index (χ4v) is 14.2. The number of halogens is 3. The maximum atomic E-state index is 13.9. The van der Waals surface area contributed by atoms with E-state index in [0.29, 0.717) is 34.0 Å². The molecular weight excluding hydrogens is 1420 g/mol. The van der Waals surface area contributed by atoms with Crippen molar-refractivity contribution in [3.8, 4) is 107 Å². The van der Waals surface area contributed by atoms with E-state index in [4.69, 9.17) is 34.1 Å². The number of benzene rings is 16. The molecule has 0 fully saturated rings. The lowest BCUT2D eigenvalue weighted by atomic mass is 10.0. The van der Waals surface area contributed by atoms with Crippen LogP contribution < -0.4 is 0 Å². The average molecular weight is 1520 g/mol. The molecule has 0 saturated carbocycles. The Morgan fingerprint density at radius 2 is 0.487 bits per heavy atom. The highest BCUT2D eigenvalue weighted by Gasteiger charge is 2.28. The zero-order chi connectivity index (χ0) is 105. The van der Waals surface area contributed by atoms with Crippen molar-refractivity contribution in [1.29, 1.82) is 0 Å². The molecule has 0 saturated heterocycles. The van der Waals surface area contributed by atoms with Gasteiger partial charge in [-0.05, 0) is 107 Å². The highest BCUT2D eigenvalue weighted by molar-refractivity contribution is 6.14. The van der Waals surface area contributed by atoms with E-state index in [1.165, 1.54) is 12.1 Å². The van der Waals surface area contributed by atoms with Crippen molar-refractivity contribution in [2.75, 3.05) is 0 Å². The van der Waals surface area contributed by atoms with E-state index in [1.54, 1.807) is 42.5 Å². The van der Waals surface area contributed by atoms with Crippen LogP contribution in [0.5, 0.6) is 0 Å². The molecular formula is C104H67F3N8. The summed E-state index contributed by atoms with van der Waals surface area (Å²) in [6.07, 6.45) is 0. The summed E-state index contributed by atoms with van der Waals surface area (Å²) in [5.74, 6) is -3.53. The Kier molecular flexibility index (Phi) is 11.0. The summed E-state index contributed by atoms with van der Waals surface area (Å²) < 4.78 is 332. The fourth-order valence-electron chi connectivity index (χ4n) is 14.2. The van der Waals surface area contributed by atoms with E-state index >= 15 is 0 Å². The first kappa shape index (κ1) is 42.7. The lowest BCUT2D eigenvalue weighted by Gasteiger charge is -2.23. The van der Waals surface area contributed by atoms with Crippen LogP contribution in [-0.2, 0) is 0 Å². The molecule has 22 aromatic rings. The average Bonchev–Trinajstić information content (AvgIpc) is 1.51. The number of fused-ring (bicyclic) bond motifs is 12. The van der Waals surface area contributed by atoms with E-state index < -0.39 is 269 Å². The molecule has 0 atom stereocenters. The topological polar surface area (TPSA) is 82.1 Å². The minimum Gasteiger partial charge on any atom is -0.355 e. The van der Waals surface area contributed by atoms with E-state index in [-0.39, 0.29) is 68.6 Å². The molecule has 8 nitrogen and oxygen atoms in total. The Morgan fingerprint density at radius 3 is 0.817 bits per heavy atom. The molecule has 11 heteroatoms. The van der Waals surface area contributed by atoms with Gasteiger partial charge in [-0.15, -0.1) is 0 Å². The van der Waals surface area contributed by atoms with Gasteiger partial charge in [-0.3, -0.25) is 0 Å². The van der Waals surface area contributed by atoms with E-state index in [1.807, 2.05) is 140 Å². The second-order valence-corrected chi connectivity index (χ2v) is 26.1. The number of aromatic nitrogens is 8. The number of hydrogen-bond donors (Lipinski definition) is 1. The molecule has 544 valence electrons. The van der Waals surface area contributed by atoms with Crippen LogP contribution in [0.1, 0.15) is 43.9 Å². The number of rotatable bonds is 11. The molecule has 0 aliphatic carbocycles. The van der Waals surface area contributed by atoms with Gasteiger partial charge < -0.3 is 18.7 Å². The monoisotopic (exact) mass is 1520 g/mol. The summed E-state index contributed by atoms with van der Waals surface area (Å²) in [5.41, 5.74) is 3.09. The zero-order valence-corrected chi connectivity index (χ0v) is 59.4. The van der Waals surface area contributed by atoms with Crippen LogP contribution in [0, 0.1) is 17.5 Å². The molecule has 0 spiro atoms. The van der Waals surface area contributed by atoms with Crippen LogP contribution in [0.2, 0.25) is 0 Å². The predicted molar refractivity (Wildman–Crippen MR) is 466 cm³/mol. The van der Waals surface area contributed by atoms with Crippen LogP contribution in [0.25, 0.3) is 194 Å². The fraction of sp³-hybridized carbons (Fsp3) is 0. The third kappa shape index (κ3) is 12.8. The third-order valence-electron chi connectivity index (χ3n) is 19.4. The van der Waals surface area contributed by atoms with Crippen LogP contribution in [0.3, 0.4) is 0 Å².